The average Bonchev–Trinajstić information content (AvgIpc) is 3.11. The molecule has 1 atom stereocenters. The number of aryl methyl sites for hydroxylation is 1. The Balaban J connectivity index is 1.92. The van der Waals surface area contributed by atoms with Crippen molar-refractivity contribution in [3.8, 4) is 0 Å². The van der Waals surface area contributed by atoms with Crippen LogP contribution in [0.3, 0.4) is 0 Å². The van der Waals surface area contributed by atoms with E-state index in [1.54, 1.807) is 27.6 Å². The van der Waals surface area contributed by atoms with Crippen LogP contribution < -0.4 is 0 Å². The van der Waals surface area contributed by atoms with E-state index in [1.165, 1.54) is 0 Å². The van der Waals surface area contributed by atoms with E-state index in [-0.39, 0.29) is 17.9 Å². The Kier molecular flexibility index (Phi) is 4.11. The first-order valence-electron chi connectivity index (χ1n) is 8.09. The summed E-state index contributed by atoms with van der Waals surface area (Å²) in [5.41, 5.74) is 1.31. The number of carbonyl (C=O) groups excluding carboxylic acids is 2. The first-order valence-corrected chi connectivity index (χ1v) is 8.09. The zero-order valence-corrected chi connectivity index (χ0v) is 13.9. The van der Waals surface area contributed by atoms with E-state index in [0.29, 0.717) is 25.1 Å². The maximum absolute atomic E-state index is 13.0. The number of carbonyl (C=O) groups is 2. The molecule has 0 N–H and O–H groups in total. The van der Waals surface area contributed by atoms with Crippen LogP contribution in [0.5, 0.6) is 0 Å². The van der Waals surface area contributed by atoms with Gasteiger partial charge in [0.2, 0.25) is 5.91 Å². The van der Waals surface area contributed by atoms with E-state index in [1.807, 2.05) is 24.0 Å². The predicted molar refractivity (Wildman–Crippen MR) is 86.1 cm³/mol. The summed E-state index contributed by atoms with van der Waals surface area (Å²) in [4.78, 5) is 29.0. The summed E-state index contributed by atoms with van der Waals surface area (Å²) < 4.78 is 3.56. The molecule has 2 aromatic rings. The van der Waals surface area contributed by atoms with Gasteiger partial charge in [0, 0.05) is 39.6 Å². The van der Waals surface area contributed by atoms with E-state index in [0.717, 1.165) is 18.5 Å². The number of hydrogen-bond donors (Lipinski definition) is 0. The van der Waals surface area contributed by atoms with Gasteiger partial charge in [-0.2, -0.15) is 5.10 Å². The molecule has 0 radical (unpaired) electrons. The molecule has 0 aromatic carbocycles. The zero-order chi connectivity index (χ0) is 16.6. The number of amides is 2. The van der Waals surface area contributed by atoms with Crippen LogP contribution in [0.1, 0.15) is 36.5 Å². The molecule has 1 saturated heterocycles. The summed E-state index contributed by atoms with van der Waals surface area (Å²) in [7, 11) is 3.69. The van der Waals surface area contributed by atoms with Crippen molar-refractivity contribution < 1.29 is 9.59 Å². The smallest absolute Gasteiger partial charge is 0.260 e. The average molecular weight is 317 g/mol. The Morgan fingerprint density at radius 1 is 1.30 bits per heavy atom. The predicted octanol–water partition coefficient (Wildman–Crippen LogP) is 1.15. The number of piperazine rings is 1. The molecule has 3 heterocycles. The Morgan fingerprint density at radius 3 is 2.83 bits per heavy atom. The maximum Gasteiger partial charge on any atom is 0.260 e. The third-order valence-electron chi connectivity index (χ3n) is 4.57. The molecule has 1 aliphatic rings. The molecular formula is C16H23N5O2. The van der Waals surface area contributed by atoms with Crippen LogP contribution in [0.2, 0.25) is 0 Å². The second kappa shape index (κ2) is 6.06. The largest absolute Gasteiger partial charge is 0.342 e. The number of fused-ring (bicyclic) bond motifs is 1. The van der Waals surface area contributed by atoms with E-state index >= 15 is 0 Å². The topological polar surface area (TPSA) is 62.9 Å². The van der Waals surface area contributed by atoms with Crippen LogP contribution in [-0.4, -0.2) is 62.0 Å². The van der Waals surface area contributed by atoms with Crippen molar-refractivity contribution >= 4 is 17.5 Å². The van der Waals surface area contributed by atoms with Gasteiger partial charge in [0.05, 0.1) is 6.20 Å². The van der Waals surface area contributed by atoms with Crippen molar-refractivity contribution in [2.24, 2.45) is 7.05 Å². The van der Waals surface area contributed by atoms with Gasteiger partial charge in [-0.3, -0.25) is 9.59 Å². The van der Waals surface area contributed by atoms with Crippen molar-refractivity contribution in [2.75, 3.05) is 20.1 Å². The molecule has 0 aliphatic carbocycles. The monoisotopic (exact) mass is 317 g/mol. The van der Waals surface area contributed by atoms with Crippen molar-refractivity contribution in [2.45, 2.75) is 32.2 Å². The number of aromatic nitrogens is 3. The lowest BCUT2D eigenvalue weighted by Crippen LogP contribution is -2.57. The lowest BCUT2D eigenvalue weighted by molar-refractivity contribution is -0.138. The minimum absolute atomic E-state index is 0.0355. The lowest BCUT2D eigenvalue weighted by Gasteiger charge is -2.39. The van der Waals surface area contributed by atoms with Crippen molar-refractivity contribution in [1.29, 1.82) is 0 Å². The SMILES string of the molecule is CCCCC1C(=O)N(C)CCN1C(=O)c1cnn2ccn(C)c12. The summed E-state index contributed by atoms with van der Waals surface area (Å²) in [6.07, 6.45) is 7.92. The highest BCUT2D eigenvalue weighted by Crippen LogP contribution is 2.21. The minimum atomic E-state index is -0.364. The van der Waals surface area contributed by atoms with Crippen LogP contribution in [0.15, 0.2) is 18.6 Å². The normalized spacial score (nSPS) is 18.9. The fourth-order valence-electron chi connectivity index (χ4n) is 3.19. The van der Waals surface area contributed by atoms with E-state index in [2.05, 4.69) is 12.0 Å². The highest BCUT2D eigenvalue weighted by atomic mass is 16.2. The molecule has 1 fully saturated rings. The molecule has 0 saturated carbocycles. The zero-order valence-electron chi connectivity index (χ0n) is 13.9. The molecule has 7 heteroatoms. The molecule has 2 amide bonds. The molecular weight excluding hydrogens is 294 g/mol. The van der Waals surface area contributed by atoms with Crippen molar-refractivity contribution in [3.63, 3.8) is 0 Å². The highest BCUT2D eigenvalue weighted by molar-refractivity contribution is 6.02. The van der Waals surface area contributed by atoms with Gasteiger partial charge in [-0.25, -0.2) is 4.52 Å². The van der Waals surface area contributed by atoms with Gasteiger partial charge in [0.1, 0.15) is 17.3 Å². The number of unbranched alkanes of at least 4 members (excludes halogenated alkanes) is 1. The van der Waals surface area contributed by atoms with Crippen LogP contribution >= 0.6 is 0 Å². The summed E-state index contributed by atoms with van der Waals surface area (Å²) >= 11 is 0. The van der Waals surface area contributed by atoms with Crippen LogP contribution in [0.25, 0.3) is 5.65 Å². The van der Waals surface area contributed by atoms with Crippen molar-refractivity contribution in [1.82, 2.24) is 24.0 Å². The third-order valence-corrected chi connectivity index (χ3v) is 4.57. The van der Waals surface area contributed by atoms with Crippen LogP contribution in [0.4, 0.5) is 0 Å². The molecule has 124 valence electrons. The summed E-state index contributed by atoms with van der Waals surface area (Å²) in [6, 6.07) is -0.364. The van der Waals surface area contributed by atoms with Gasteiger partial charge in [-0.15, -0.1) is 0 Å². The Labute approximate surface area is 135 Å². The summed E-state index contributed by atoms with van der Waals surface area (Å²) in [5, 5.41) is 4.23. The highest BCUT2D eigenvalue weighted by Gasteiger charge is 2.36. The lowest BCUT2D eigenvalue weighted by atomic mass is 10.0. The van der Waals surface area contributed by atoms with Gasteiger partial charge in [-0.1, -0.05) is 19.8 Å². The van der Waals surface area contributed by atoms with E-state index in [4.69, 9.17) is 0 Å². The van der Waals surface area contributed by atoms with Crippen LogP contribution in [0, 0.1) is 0 Å². The molecule has 7 nitrogen and oxygen atoms in total. The maximum atomic E-state index is 13.0. The first-order chi connectivity index (χ1) is 11.0. The van der Waals surface area contributed by atoms with Gasteiger partial charge in [0.15, 0.2) is 0 Å². The summed E-state index contributed by atoms with van der Waals surface area (Å²) in [6.45, 7) is 3.23. The molecule has 0 spiro atoms. The number of rotatable bonds is 4. The van der Waals surface area contributed by atoms with Gasteiger partial charge in [-0.05, 0) is 6.42 Å². The number of hydrogen-bond acceptors (Lipinski definition) is 3. The second-order valence-electron chi connectivity index (χ2n) is 6.15. The molecule has 1 aliphatic heterocycles. The molecule has 2 aromatic heterocycles. The second-order valence-corrected chi connectivity index (χ2v) is 6.15. The quantitative estimate of drug-likeness (QED) is 0.850. The molecule has 1 unspecified atom stereocenters. The summed E-state index contributed by atoms with van der Waals surface area (Å²) in [5.74, 6) is -0.0716. The molecule has 23 heavy (non-hydrogen) atoms. The Bertz CT molecular complexity index is 732. The third kappa shape index (κ3) is 2.60. The number of nitrogens with zero attached hydrogens (tertiary/aromatic N) is 5. The Hall–Kier alpha value is -2.31. The van der Waals surface area contributed by atoms with Crippen molar-refractivity contribution in [3.05, 3.63) is 24.2 Å². The first kappa shape index (κ1) is 15.6. The van der Waals surface area contributed by atoms with Gasteiger partial charge in [0.25, 0.3) is 5.91 Å². The molecule has 0 bridgehead atoms. The Morgan fingerprint density at radius 2 is 2.09 bits per heavy atom. The van der Waals surface area contributed by atoms with Gasteiger partial charge < -0.3 is 14.4 Å². The molecule has 3 rings (SSSR count). The fourth-order valence-corrected chi connectivity index (χ4v) is 3.19. The fraction of sp³-hybridized carbons (Fsp3) is 0.562. The van der Waals surface area contributed by atoms with Gasteiger partial charge >= 0.3 is 0 Å². The number of likely N-dealkylation sites (N-methyl/N-ethyl adjacent to an activating group) is 1. The van der Waals surface area contributed by atoms with E-state index in [9.17, 15) is 9.59 Å². The standard InChI is InChI=1S/C16H23N5O2/c1-4-5-6-13-16(23)19(3)7-9-20(13)15(22)12-11-17-21-10-8-18(2)14(12)21/h8,10-11,13H,4-7,9H2,1-3H3. The van der Waals surface area contributed by atoms with Crippen LogP contribution in [-0.2, 0) is 11.8 Å². The minimum Gasteiger partial charge on any atom is -0.342 e. The number of imidazole rings is 1. The van der Waals surface area contributed by atoms with E-state index < -0.39 is 0 Å².